The number of aldehydes is 2. The third-order valence-corrected chi connectivity index (χ3v) is 10.7. The van der Waals surface area contributed by atoms with Crippen molar-refractivity contribution in [1.82, 2.24) is 0 Å². The van der Waals surface area contributed by atoms with Crippen LogP contribution in [-0.4, -0.2) is 38.4 Å². The molecule has 0 aromatic carbocycles. The summed E-state index contributed by atoms with van der Waals surface area (Å²) in [5.74, 6) is 0. The highest BCUT2D eigenvalue weighted by Gasteiger charge is 2.17. The third-order valence-electron chi connectivity index (χ3n) is 10.7. The molecular formula is C48H90O5. The van der Waals surface area contributed by atoms with Gasteiger partial charge in [-0.3, -0.25) is 9.59 Å². The Morgan fingerprint density at radius 1 is 0.377 bits per heavy atom. The minimum absolute atomic E-state index is 0.0760. The van der Waals surface area contributed by atoms with E-state index in [1.165, 1.54) is 154 Å². The Morgan fingerprint density at radius 2 is 0.642 bits per heavy atom. The van der Waals surface area contributed by atoms with Gasteiger partial charge in [0.25, 0.3) is 0 Å². The van der Waals surface area contributed by atoms with Crippen LogP contribution in [0.1, 0.15) is 246 Å². The molecule has 0 spiro atoms. The fourth-order valence-corrected chi connectivity index (χ4v) is 7.17. The molecule has 0 saturated carbocycles. The van der Waals surface area contributed by atoms with Crippen LogP contribution in [0.2, 0.25) is 0 Å². The maximum absolute atomic E-state index is 12.2. The van der Waals surface area contributed by atoms with Gasteiger partial charge in [-0.15, -0.1) is 0 Å². The van der Waals surface area contributed by atoms with Crippen LogP contribution in [0.3, 0.4) is 0 Å². The van der Waals surface area contributed by atoms with E-state index in [1.54, 1.807) is 0 Å². The van der Waals surface area contributed by atoms with Gasteiger partial charge in [0, 0.05) is 11.1 Å². The molecule has 0 rings (SSSR count). The second-order valence-corrected chi connectivity index (χ2v) is 15.7. The topological polar surface area (TPSA) is 61.8 Å². The van der Waals surface area contributed by atoms with Crippen LogP contribution < -0.4 is 0 Å². The van der Waals surface area contributed by atoms with Gasteiger partial charge in [0.1, 0.15) is 26.2 Å². The summed E-state index contributed by atoms with van der Waals surface area (Å²) in [6.45, 7) is 9.18. The van der Waals surface area contributed by atoms with Gasteiger partial charge in [-0.05, 0) is 38.5 Å². The molecule has 0 N–H and O–H groups in total. The molecule has 2 unspecified atom stereocenters. The fourth-order valence-electron chi connectivity index (χ4n) is 7.17. The second kappa shape index (κ2) is 43.4. The first-order valence-electron chi connectivity index (χ1n) is 23.3. The van der Waals surface area contributed by atoms with Gasteiger partial charge in [-0.1, -0.05) is 220 Å². The van der Waals surface area contributed by atoms with E-state index < -0.39 is 0 Å². The van der Waals surface area contributed by atoms with E-state index in [1.807, 2.05) is 0 Å². The molecule has 5 heteroatoms. The summed E-state index contributed by atoms with van der Waals surface area (Å²) < 4.78 is 18.4. The summed E-state index contributed by atoms with van der Waals surface area (Å²) in [7, 11) is 0. The van der Waals surface area contributed by atoms with Crippen molar-refractivity contribution >= 4 is 12.6 Å². The van der Waals surface area contributed by atoms with Crippen LogP contribution in [0.15, 0.2) is 23.3 Å². The van der Waals surface area contributed by atoms with Crippen LogP contribution in [0.5, 0.6) is 0 Å². The second-order valence-electron chi connectivity index (χ2n) is 15.7. The molecule has 0 heterocycles. The van der Waals surface area contributed by atoms with E-state index in [4.69, 9.17) is 14.2 Å². The zero-order valence-electron chi connectivity index (χ0n) is 36.0. The minimum atomic E-state index is -0.252. The predicted octanol–water partition coefficient (Wildman–Crippen LogP) is 15.3. The number of unbranched alkanes of at least 4 members (excludes halogenated alkanes) is 28. The van der Waals surface area contributed by atoms with Crippen LogP contribution >= 0.6 is 0 Å². The summed E-state index contributed by atoms with van der Waals surface area (Å²) >= 11 is 0. The Kier molecular flexibility index (Phi) is 42.4. The third kappa shape index (κ3) is 34.9. The lowest BCUT2D eigenvalue weighted by atomic mass is 10.0. The van der Waals surface area contributed by atoms with Crippen molar-refractivity contribution in [2.24, 2.45) is 0 Å². The van der Waals surface area contributed by atoms with Gasteiger partial charge in [-0.2, -0.15) is 0 Å². The van der Waals surface area contributed by atoms with Crippen molar-refractivity contribution in [2.45, 2.75) is 258 Å². The van der Waals surface area contributed by atoms with Crippen molar-refractivity contribution in [3.8, 4) is 0 Å². The van der Waals surface area contributed by atoms with Crippen LogP contribution in [-0.2, 0) is 23.8 Å². The first kappa shape index (κ1) is 51.7. The van der Waals surface area contributed by atoms with Crippen LogP contribution in [0.25, 0.3) is 0 Å². The molecule has 2 atom stereocenters. The van der Waals surface area contributed by atoms with Crippen molar-refractivity contribution in [1.29, 1.82) is 0 Å². The van der Waals surface area contributed by atoms with E-state index >= 15 is 0 Å². The lowest BCUT2D eigenvalue weighted by molar-refractivity contribution is -0.157. The summed E-state index contributed by atoms with van der Waals surface area (Å²) in [4.78, 5) is 24.5. The van der Waals surface area contributed by atoms with Crippen molar-refractivity contribution in [3.05, 3.63) is 23.3 Å². The molecule has 0 aromatic heterocycles. The highest BCUT2D eigenvalue weighted by Crippen LogP contribution is 2.20. The molecule has 53 heavy (non-hydrogen) atoms. The first-order valence-corrected chi connectivity index (χ1v) is 23.3. The SMILES string of the molecule is CCCCCCCCCCC=C(C=O)C(CCCCCCCCC)OCOCOC(CCCCCCCCC)C(C=O)=CCCCCCCCCCC. The Morgan fingerprint density at radius 3 is 0.925 bits per heavy atom. The molecule has 0 aliphatic rings. The smallest absolute Gasteiger partial charge is 0.150 e. The largest absolute Gasteiger partial charge is 0.347 e. The number of rotatable bonds is 44. The molecule has 0 fully saturated rings. The van der Waals surface area contributed by atoms with Gasteiger partial charge in [0.05, 0.1) is 12.2 Å². The first-order chi connectivity index (χ1) is 26.2. The predicted molar refractivity (Wildman–Crippen MR) is 229 cm³/mol. The molecule has 0 amide bonds. The fraction of sp³-hybridized carbons (Fsp3) is 0.875. The number of hydrogen-bond donors (Lipinski definition) is 0. The van der Waals surface area contributed by atoms with Gasteiger partial charge < -0.3 is 14.2 Å². The van der Waals surface area contributed by atoms with E-state index in [0.717, 1.165) is 87.9 Å². The average Bonchev–Trinajstić information content (AvgIpc) is 3.17. The molecule has 0 saturated heterocycles. The molecule has 0 aliphatic carbocycles. The zero-order chi connectivity index (χ0) is 38.7. The maximum atomic E-state index is 12.2. The zero-order valence-corrected chi connectivity index (χ0v) is 36.0. The van der Waals surface area contributed by atoms with E-state index in [2.05, 4.69) is 39.8 Å². The molecule has 0 radical (unpaired) electrons. The molecule has 5 nitrogen and oxygen atoms in total. The van der Waals surface area contributed by atoms with Crippen molar-refractivity contribution in [3.63, 3.8) is 0 Å². The molecule has 0 aliphatic heterocycles. The number of hydrogen-bond acceptors (Lipinski definition) is 5. The van der Waals surface area contributed by atoms with Crippen LogP contribution in [0, 0.1) is 0 Å². The summed E-state index contributed by atoms with van der Waals surface area (Å²) in [6, 6.07) is 0. The summed E-state index contributed by atoms with van der Waals surface area (Å²) in [5.41, 5.74) is 1.51. The van der Waals surface area contributed by atoms with Crippen molar-refractivity contribution in [2.75, 3.05) is 13.6 Å². The monoisotopic (exact) mass is 747 g/mol. The van der Waals surface area contributed by atoms with Gasteiger partial charge in [0.15, 0.2) is 0 Å². The molecule has 312 valence electrons. The number of carbonyl (C=O) groups excluding carboxylic acids is 2. The van der Waals surface area contributed by atoms with E-state index in [9.17, 15) is 9.59 Å². The van der Waals surface area contributed by atoms with E-state index in [0.29, 0.717) is 0 Å². The number of ether oxygens (including phenoxy) is 3. The highest BCUT2D eigenvalue weighted by molar-refractivity contribution is 5.75. The maximum Gasteiger partial charge on any atom is 0.150 e. The Bertz CT molecular complexity index is 755. The normalized spacial score (nSPS) is 13.4. The van der Waals surface area contributed by atoms with E-state index in [-0.39, 0.29) is 25.8 Å². The minimum Gasteiger partial charge on any atom is -0.347 e. The molecular weight excluding hydrogens is 657 g/mol. The molecule has 0 aromatic rings. The van der Waals surface area contributed by atoms with Gasteiger partial charge >= 0.3 is 0 Å². The standard InChI is InChI=1S/C48H90O5/c1-5-9-13-17-21-23-27-29-33-37-45(41-49)47(39-35-31-25-19-15-11-7-3)52-43-51-44-53-48(40-36-32-26-20-16-12-8-4)46(42-50)38-34-30-28-24-22-18-14-10-6-2/h37-38,41-42,47-48H,5-36,39-40,43-44H2,1-4H3. The summed E-state index contributed by atoms with van der Waals surface area (Å²) in [5, 5.41) is 0. The van der Waals surface area contributed by atoms with Crippen molar-refractivity contribution < 1.29 is 23.8 Å². The Labute approximate surface area is 330 Å². The lowest BCUT2D eigenvalue weighted by Crippen LogP contribution is -2.22. The Hall–Kier alpha value is -1.30. The van der Waals surface area contributed by atoms with Crippen LogP contribution in [0.4, 0.5) is 0 Å². The number of allylic oxidation sites excluding steroid dienone is 2. The molecule has 0 bridgehead atoms. The summed E-state index contributed by atoms with van der Waals surface area (Å²) in [6.07, 6.45) is 46.9. The average molecular weight is 747 g/mol. The quantitative estimate of drug-likeness (QED) is 0.0269. The van der Waals surface area contributed by atoms with Gasteiger partial charge in [-0.25, -0.2) is 0 Å². The lowest BCUT2D eigenvalue weighted by Gasteiger charge is -2.21. The number of carbonyl (C=O) groups is 2. The Balaban J connectivity index is 5.08. The van der Waals surface area contributed by atoms with Gasteiger partial charge in [0.2, 0.25) is 0 Å². The highest BCUT2D eigenvalue weighted by atomic mass is 16.7.